The molecule has 1 saturated carbocycles. The van der Waals surface area contributed by atoms with Crippen molar-refractivity contribution in [3.63, 3.8) is 0 Å². The van der Waals surface area contributed by atoms with E-state index in [-0.39, 0.29) is 22.8 Å². The molecule has 1 aliphatic carbocycles. The highest BCUT2D eigenvalue weighted by molar-refractivity contribution is 5.82. The van der Waals surface area contributed by atoms with E-state index in [9.17, 15) is 4.79 Å². The van der Waals surface area contributed by atoms with Crippen LogP contribution in [0.5, 0.6) is 0 Å². The summed E-state index contributed by atoms with van der Waals surface area (Å²) in [6, 6.07) is -0.148. The molecule has 1 amide bonds. The summed E-state index contributed by atoms with van der Waals surface area (Å²) in [4.78, 5) is 12.3. The zero-order valence-electron chi connectivity index (χ0n) is 13.5. The SMILES string of the molecule is CC(C)(C)C(N)C(=O)NC1CCCCC1C(C)(C)C. The normalized spacial score (nSPS) is 26.9. The van der Waals surface area contributed by atoms with E-state index in [4.69, 9.17) is 5.73 Å². The van der Waals surface area contributed by atoms with Gasteiger partial charge in [-0.1, -0.05) is 54.4 Å². The topological polar surface area (TPSA) is 55.1 Å². The lowest BCUT2D eigenvalue weighted by atomic mass is 9.69. The third-order valence-electron chi connectivity index (χ3n) is 4.42. The van der Waals surface area contributed by atoms with E-state index in [1.807, 2.05) is 20.8 Å². The van der Waals surface area contributed by atoms with Crippen molar-refractivity contribution >= 4 is 5.91 Å². The molecule has 3 heteroatoms. The molecule has 0 radical (unpaired) electrons. The van der Waals surface area contributed by atoms with Crippen LogP contribution < -0.4 is 11.1 Å². The Bertz CT molecular complexity index is 312. The molecule has 0 aromatic heterocycles. The quantitative estimate of drug-likeness (QED) is 0.808. The number of amides is 1. The minimum atomic E-state index is -0.435. The monoisotopic (exact) mass is 268 g/mol. The summed E-state index contributed by atoms with van der Waals surface area (Å²) in [5.74, 6) is 0.561. The molecular weight excluding hydrogens is 236 g/mol. The van der Waals surface area contributed by atoms with Gasteiger partial charge in [0.25, 0.3) is 0 Å². The van der Waals surface area contributed by atoms with Crippen LogP contribution in [0.25, 0.3) is 0 Å². The van der Waals surface area contributed by atoms with Gasteiger partial charge < -0.3 is 11.1 Å². The molecule has 1 aliphatic rings. The van der Waals surface area contributed by atoms with E-state index in [2.05, 4.69) is 26.1 Å². The van der Waals surface area contributed by atoms with Crippen LogP contribution in [0.1, 0.15) is 67.2 Å². The Morgan fingerprint density at radius 1 is 1.11 bits per heavy atom. The first-order chi connectivity index (χ1) is 8.53. The highest BCUT2D eigenvalue weighted by Gasteiger charge is 2.37. The lowest BCUT2D eigenvalue weighted by Crippen LogP contribution is -2.54. The maximum atomic E-state index is 12.3. The first-order valence-corrected chi connectivity index (χ1v) is 7.59. The van der Waals surface area contributed by atoms with Crippen LogP contribution in [0.4, 0.5) is 0 Å². The zero-order chi connectivity index (χ0) is 14.8. The largest absolute Gasteiger partial charge is 0.352 e. The number of nitrogens with two attached hydrogens (primary N) is 1. The number of rotatable bonds is 2. The van der Waals surface area contributed by atoms with Crippen LogP contribution in [0.3, 0.4) is 0 Å². The smallest absolute Gasteiger partial charge is 0.237 e. The minimum Gasteiger partial charge on any atom is -0.352 e. The van der Waals surface area contributed by atoms with Crippen LogP contribution >= 0.6 is 0 Å². The van der Waals surface area contributed by atoms with E-state index in [1.54, 1.807) is 0 Å². The van der Waals surface area contributed by atoms with E-state index >= 15 is 0 Å². The van der Waals surface area contributed by atoms with Crippen LogP contribution in [-0.4, -0.2) is 18.0 Å². The summed E-state index contributed by atoms with van der Waals surface area (Å²) in [5, 5.41) is 3.22. The van der Waals surface area contributed by atoms with Gasteiger partial charge in [0, 0.05) is 6.04 Å². The Kier molecular flexibility index (Phi) is 5.05. The van der Waals surface area contributed by atoms with Gasteiger partial charge >= 0.3 is 0 Å². The Labute approximate surface area is 118 Å². The highest BCUT2D eigenvalue weighted by Crippen LogP contribution is 2.38. The van der Waals surface area contributed by atoms with Crippen LogP contribution in [0.2, 0.25) is 0 Å². The van der Waals surface area contributed by atoms with E-state index < -0.39 is 6.04 Å². The summed E-state index contributed by atoms with van der Waals surface area (Å²) in [5.41, 5.74) is 6.11. The molecule has 0 spiro atoms. The summed E-state index contributed by atoms with van der Waals surface area (Å²) in [6.45, 7) is 12.8. The first kappa shape index (κ1) is 16.5. The van der Waals surface area contributed by atoms with Crippen LogP contribution in [0, 0.1) is 16.7 Å². The zero-order valence-corrected chi connectivity index (χ0v) is 13.5. The Hall–Kier alpha value is -0.570. The van der Waals surface area contributed by atoms with Gasteiger partial charge in [-0.05, 0) is 29.6 Å². The molecule has 112 valence electrons. The molecular formula is C16H32N2O. The van der Waals surface area contributed by atoms with E-state index in [0.29, 0.717) is 5.92 Å². The molecule has 0 aromatic carbocycles. The van der Waals surface area contributed by atoms with Crippen LogP contribution in [-0.2, 0) is 4.79 Å². The summed E-state index contributed by atoms with van der Waals surface area (Å²) >= 11 is 0. The van der Waals surface area contributed by atoms with Crippen molar-refractivity contribution in [3.05, 3.63) is 0 Å². The summed E-state index contributed by atoms with van der Waals surface area (Å²) in [6.07, 6.45) is 4.78. The molecule has 0 bridgehead atoms. The predicted octanol–water partition coefficient (Wildman–Crippen LogP) is 3.08. The molecule has 1 fully saturated rings. The Balaban J connectivity index is 2.71. The van der Waals surface area contributed by atoms with Gasteiger partial charge in [-0.25, -0.2) is 0 Å². The highest BCUT2D eigenvalue weighted by atomic mass is 16.2. The van der Waals surface area contributed by atoms with Crippen molar-refractivity contribution in [3.8, 4) is 0 Å². The number of carbonyl (C=O) groups excluding carboxylic acids is 1. The molecule has 3 unspecified atom stereocenters. The second-order valence-corrected chi connectivity index (χ2v) is 8.22. The van der Waals surface area contributed by atoms with Gasteiger partial charge in [-0.15, -0.1) is 0 Å². The van der Waals surface area contributed by atoms with Crippen molar-refractivity contribution < 1.29 is 4.79 Å². The molecule has 0 aliphatic heterocycles. The molecule has 0 heterocycles. The summed E-state index contributed by atoms with van der Waals surface area (Å²) in [7, 11) is 0. The number of hydrogen-bond acceptors (Lipinski definition) is 2. The number of carbonyl (C=O) groups is 1. The molecule has 3 atom stereocenters. The van der Waals surface area contributed by atoms with Gasteiger partial charge in [0.15, 0.2) is 0 Å². The average Bonchev–Trinajstić information content (AvgIpc) is 2.26. The minimum absolute atomic E-state index is 0.00801. The second kappa shape index (κ2) is 5.82. The van der Waals surface area contributed by atoms with Gasteiger partial charge in [-0.3, -0.25) is 4.79 Å². The van der Waals surface area contributed by atoms with Crippen molar-refractivity contribution in [2.45, 2.75) is 79.3 Å². The number of nitrogens with one attached hydrogen (secondary N) is 1. The van der Waals surface area contributed by atoms with Gasteiger partial charge in [0.1, 0.15) is 0 Å². The Morgan fingerprint density at radius 2 is 1.63 bits per heavy atom. The fourth-order valence-corrected chi connectivity index (χ4v) is 3.01. The second-order valence-electron chi connectivity index (χ2n) is 8.22. The Morgan fingerprint density at radius 3 is 2.11 bits per heavy atom. The fourth-order valence-electron chi connectivity index (χ4n) is 3.01. The third kappa shape index (κ3) is 4.48. The van der Waals surface area contributed by atoms with Gasteiger partial charge in [-0.2, -0.15) is 0 Å². The van der Waals surface area contributed by atoms with Crippen LogP contribution in [0.15, 0.2) is 0 Å². The van der Waals surface area contributed by atoms with E-state index in [1.165, 1.54) is 19.3 Å². The molecule has 0 aromatic rings. The molecule has 19 heavy (non-hydrogen) atoms. The molecule has 1 rings (SSSR count). The van der Waals surface area contributed by atoms with Gasteiger partial charge in [0.2, 0.25) is 5.91 Å². The van der Waals surface area contributed by atoms with Crippen molar-refractivity contribution in [1.29, 1.82) is 0 Å². The fraction of sp³-hybridized carbons (Fsp3) is 0.938. The van der Waals surface area contributed by atoms with E-state index in [0.717, 1.165) is 6.42 Å². The van der Waals surface area contributed by atoms with Gasteiger partial charge in [0.05, 0.1) is 6.04 Å². The summed E-state index contributed by atoms with van der Waals surface area (Å²) < 4.78 is 0. The maximum absolute atomic E-state index is 12.3. The lowest BCUT2D eigenvalue weighted by molar-refractivity contribution is -0.126. The first-order valence-electron chi connectivity index (χ1n) is 7.59. The van der Waals surface area contributed by atoms with Crippen molar-refractivity contribution in [2.75, 3.05) is 0 Å². The third-order valence-corrected chi connectivity index (χ3v) is 4.42. The maximum Gasteiger partial charge on any atom is 0.237 e. The molecule has 3 N–H and O–H groups in total. The average molecular weight is 268 g/mol. The molecule has 3 nitrogen and oxygen atoms in total. The van der Waals surface area contributed by atoms with Crippen molar-refractivity contribution in [1.82, 2.24) is 5.32 Å². The predicted molar refractivity (Wildman–Crippen MR) is 80.8 cm³/mol. The number of hydrogen-bond donors (Lipinski definition) is 2. The lowest BCUT2D eigenvalue weighted by Gasteiger charge is -2.41. The molecule has 0 saturated heterocycles. The standard InChI is InChI=1S/C16H32N2O/c1-15(2,3)11-9-7-8-10-12(11)18-14(19)13(17)16(4,5)6/h11-13H,7-10,17H2,1-6H3,(H,18,19). The van der Waals surface area contributed by atoms with Crippen molar-refractivity contribution in [2.24, 2.45) is 22.5 Å².